The molecule has 1 heterocycles. The predicted molar refractivity (Wildman–Crippen MR) is 110 cm³/mol. The van der Waals surface area contributed by atoms with E-state index in [2.05, 4.69) is 28.2 Å². The number of carbonyl (C=O) groups excluding carboxylic acids is 1. The third-order valence-electron chi connectivity index (χ3n) is 3.61. The molecule has 1 atom stereocenters. The number of anilines is 1. The minimum atomic E-state index is -0.993. The van der Waals surface area contributed by atoms with Crippen molar-refractivity contribution in [1.82, 2.24) is 0 Å². The monoisotopic (exact) mass is 403 g/mol. The maximum absolute atomic E-state index is 12.5. The Kier molecular flexibility index (Phi) is 6.83. The van der Waals surface area contributed by atoms with Gasteiger partial charge in [-0.3, -0.25) is 4.79 Å². The molecule has 4 nitrogen and oxygen atoms in total. The van der Waals surface area contributed by atoms with Crippen LogP contribution in [0.5, 0.6) is 0 Å². The summed E-state index contributed by atoms with van der Waals surface area (Å²) in [6, 6.07) is 12.5. The van der Waals surface area contributed by atoms with Crippen molar-refractivity contribution in [3.8, 4) is 0 Å². The molecule has 0 aliphatic carbocycles. The third kappa shape index (κ3) is 4.09. The molecule has 0 aromatic heterocycles. The fourth-order valence-electron chi connectivity index (χ4n) is 2.47. The number of benzene rings is 2. The zero-order valence-electron chi connectivity index (χ0n) is 13.9. The van der Waals surface area contributed by atoms with Crippen molar-refractivity contribution in [2.75, 3.05) is 11.9 Å². The fourth-order valence-corrected chi connectivity index (χ4v) is 3.00. The van der Waals surface area contributed by atoms with Gasteiger partial charge in [-0.1, -0.05) is 54.6 Å². The van der Waals surface area contributed by atoms with E-state index < -0.39 is 6.17 Å². The molecule has 0 spiro atoms. The number of benzodiazepines with no additional fused rings is 1. The van der Waals surface area contributed by atoms with Crippen molar-refractivity contribution in [3.63, 3.8) is 0 Å². The summed E-state index contributed by atoms with van der Waals surface area (Å²) in [4.78, 5) is 18.4. The van der Waals surface area contributed by atoms with Gasteiger partial charge in [-0.05, 0) is 24.3 Å². The zero-order chi connectivity index (χ0) is 19.3. The predicted octanol–water partition coefficient (Wildman–Crippen LogP) is 4.82. The minimum Gasteiger partial charge on any atom is -0.311 e. The molecule has 3 rings (SSSR count). The van der Waals surface area contributed by atoms with Gasteiger partial charge in [-0.25, -0.2) is 4.99 Å². The summed E-state index contributed by atoms with van der Waals surface area (Å²) >= 11 is 17.2. The molecule has 7 heteroatoms. The number of hydrogen-bond acceptors (Lipinski definition) is 4. The Bertz CT molecular complexity index is 921. The van der Waals surface area contributed by atoms with Crippen molar-refractivity contribution < 1.29 is 4.79 Å². The maximum atomic E-state index is 12.5. The largest absolute Gasteiger partial charge is 0.311 e. The first-order valence-corrected chi connectivity index (χ1v) is 8.58. The van der Waals surface area contributed by atoms with Crippen LogP contribution in [0, 0.1) is 0 Å². The first-order chi connectivity index (χ1) is 12.4. The van der Waals surface area contributed by atoms with Gasteiger partial charge in [0.2, 0.25) is 6.17 Å². The second kappa shape index (κ2) is 8.88. The molecular weight excluding hydrogens is 389 g/mol. The number of fused-ring (bicyclic) bond motifs is 1. The highest BCUT2D eigenvalue weighted by Crippen LogP contribution is 2.32. The molecule has 1 aliphatic heterocycles. The highest BCUT2D eigenvalue weighted by molar-refractivity contribution is 7.47. The van der Waals surface area contributed by atoms with Gasteiger partial charge in [0.25, 0.3) is 5.91 Å². The molecule has 2 aromatic rings. The Labute approximate surface area is 167 Å². The first-order valence-electron chi connectivity index (χ1n) is 7.46. The Hall–Kier alpha value is -2.30. The van der Waals surface area contributed by atoms with Crippen molar-refractivity contribution in [1.29, 1.82) is 0 Å². The summed E-state index contributed by atoms with van der Waals surface area (Å²) in [6.45, 7) is 6.25. The SMILES string of the molecule is C=C=C.CN1C(=O)C(N=S)N=C(c2ccccc2Cl)c2cc(Cl)ccc21. The average molecular weight is 404 g/mol. The number of amides is 1. The molecule has 1 unspecified atom stereocenters. The number of carbonyl (C=O) groups is 1. The number of likely N-dealkylation sites (N-methyl/N-ethyl adjacent to an activating group) is 1. The zero-order valence-corrected chi connectivity index (χ0v) is 16.3. The number of hydrogen-bond donors (Lipinski definition) is 0. The maximum Gasteiger partial charge on any atom is 0.275 e. The number of rotatable bonds is 2. The fraction of sp³-hybridized carbons (Fsp3) is 0.105. The Balaban J connectivity index is 0.000000758. The first kappa shape index (κ1) is 20.0. The lowest BCUT2D eigenvalue weighted by molar-refractivity contribution is -0.119. The van der Waals surface area contributed by atoms with Gasteiger partial charge >= 0.3 is 0 Å². The van der Waals surface area contributed by atoms with Crippen LogP contribution in [0.2, 0.25) is 10.0 Å². The van der Waals surface area contributed by atoms with E-state index in [0.717, 1.165) is 0 Å². The van der Waals surface area contributed by atoms with Gasteiger partial charge in [0, 0.05) is 40.6 Å². The normalized spacial score (nSPS) is 15.7. The molecule has 2 aromatic carbocycles. The van der Waals surface area contributed by atoms with Crippen LogP contribution in [0.25, 0.3) is 0 Å². The van der Waals surface area contributed by atoms with Crippen molar-refractivity contribution in [2.45, 2.75) is 6.17 Å². The van der Waals surface area contributed by atoms with Gasteiger partial charge in [-0.2, -0.15) is 4.36 Å². The summed E-state index contributed by atoms with van der Waals surface area (Å²) in [5.41, 5.74) is 4.88. The highest BCUT2D eigenvalue weighted by Gasteiger charge is 2.30. The van der Waals surface area contributed by atoms with E-state index in [0.29, 0.717) is 32.6 Å². The summed E-state index contributed by atoms with van der Waals surface area (Å²) in [6.07, 6.45) is -0.993. The van der Waals surface area contributed by atoms with Gasteiger partial charge in [0.1, 0.15) is 0 Å². The number of halogens is 2. The van der Waals surface area contributed by atoms with Gasteiger partial charge in [0.15, 0.2) is 0 Å². The van der Waals surface area contributed by atoms with E-state index >= 15 is 0 Å². The molecule has 0 bridgehead atoms. The second-order valence-corrected chi connectivity index (χ2v) is 6.30. The lowest BCUT2D eigenvalue weighted by Gasteiger charge is -2.19. The molecule has 0 saturated heterocycles. The Morgan fingerprint density at radius 1 is 1.19 bits per heavy atom. The van der Waals surface area contributed by atoms with Crippen LogP contribution in [-0.2, 0) is 17.2 Å². The Morgan fingerprint density at radius 3 is 2.46 bits per heavy atom. The quantitative estimate of drug-likeness (QED) is 0.674. The number of aliphatic imine (C=N–C) groups is 1. The molecule has 1 aliphatic rings. The van der Waals surface area contributed by atoms with Gasteiger partial charge in [0.05, 0.1) is 11.4 Å². The van der Waals surface area contributed by atoms with Crippen molar-refractivity contribution in [2.24, 2.45) is 9.36 Å². The van der Waals surface area contributed by atoms with E-state index in [1.807, 2.05) is 18.2 Å². The van der Waals surface area contributed by atoms with Crippen LogP contribution in [-0.4, -0.2) is 24.8 Å². The minimum absolute atomic E-state index is 0.300. The number of nitrogens with zero attached hydrogens (tertiary/aromatic N) is 3. The van der Waals surface area contributed by atoms with Crippen LogP contribution in [0.4, 0.5) is 5.69 Å². The van der Waals surface area contributed by atoms with Crippen molar-refractivity contribution in [3.05, 3.63) is 82.5 Å². The lowest BCUT2D eigenvalue weighted by atomic mass is 10.00. The van der Waals surface area contributed by atoms with Crippen LogP contribution in [0.15, 0.2) is 70.7 Å². The van der Waals surface area contributed by atoms with Crippen molar-refractivity contribution >= 4 is 52.9 Å². The smallest absolute Gasteiger partial charge is 0.275 e. The second-order valence-electron chi connectivity index (χ2n) is 5.25. The third-order valence-corrected chi connectivity index (χ3v) is 4.37. The summed E-state index contributed by atoms with van der Waals surface area (Å²) < 4.78 is 3.68. The van der Waals surface area contributed by atoms with Crippen LogP contribution in [0.1, 0.15) is 11.1 Å². The van der Waals surface area contributed by atoms with Gasteiger partial charge < -0.3 is 4.90 Å². The average Bonchev–Trinajstić information content (AvgIpc) is 2.72. The standard InChI is InChI=1S/C16H11Cl2N3OS.C3H4/c1-21-13-7-6-9(17)8-11(13)14(19-15(20-23)16(21)22)10-4-2-3-5-12(10)18;1-3-2/h2-8,15H,1H3;1-2H2. The lowest BCUT2D eigenvalue weighted by Crippen LogP contribution is -2.33. The molecular formula is C19H15Cl2N3OS. The highest BCUT2D eigenvalue weighted by atomic mass is 35.5. The topological polar surface area (TPSA) is 45.0 Å². The molecule has 0 saturated carbocycles. The van der Waals surface area contributed by atoms with E-state index in [9.17, 15) is 4.79 Å². The molecule has 132 valence electrons. The summed E-state index contributed by atoms with van der Waals surface area (Å²) in [7, 11) is 1.66. The summed E-state index contributed by atoms with van der Waals surface area (Å²) in [5, 5.41) is 1.07. The van der Waals surface area contributed by atoms with Crippen LogP contribution < -0.4 is 4.90 Å². The van der Waals surface area contributed by atoms with E-state index in [1.165, 1.54) is 4.90 Å². The molecule has 0 radical (unpaired) electrons. The van der Waals surface area contributed by atoms with Crippen LogP contribution in [0.3, 0.4) is 0 Å². The van der Waals surface area contributed by atoms with Gasteiger partial charge in [-0.15, -0.1) is 5.73 Å². The van der Waals surface area contributed by atoms with E-state index in [1.54, 1.807) is 31.3 Å². The molecule has 1 amide bonds. The molecule has 26 heavy (non-hydrogen) atoms. The van der Waals surface area contributed by atoms with E-state index in [4.69, 9.17) is 35.6 Å². The van der Waals surface area contributed by atoms with Crippen LogP contribution >= 0.6 is 23.2 Å². The Morgan fingerprint density at radius 2 is 1.85 bits per heavy atom. The summed E-state index contributed by atoms with van der Waals surface area (Å²) in [5.74, 6) is -0.300. The molecule has 0 N–H and O–H groups in total. The van der Waals surface area contributed by atoms with E-state index in [-0.39, 0.29) is 5.91 Å². The molecule has 0 fully saturated rings.